The third-order valence-electron chi connectivity index (χ3n) is 4.50. The van der Waals surface area contributed by atoms with Crippen molar-refractivity contribution in [1.82, 2.24) is 9.97 Å². The van der Waals surface area contributed by atoms with E-state index in [0.717, 1.165) is 21.8 Å². The van der Waals surface area contributed by atoms with Crippen LogP contribution in [0, 0.1) is 0 Å². The second-order valence-corrected chi connectivity index (χ2v) is 8.99. The van der Waals surface area contributed by atoms with Crippen LogP contribution in [0.2, 0.25) is 0 Å². The zero-order valence-corrected chi connectivity index (χ0v) is 18.4. The maximum absolute atomic E-state index is 13.0. The Labute approximate surface area is 184 Å². The van der Waals surface area contributed by atoms with Gasteiger partial charge in [0.15, 0.2) is 0 Å². The molecule has 4 rings (SSSR count). The number of aromatic nitrogens is 2. The number of nitrogens with zero attached hydrogens (tertiary/aromatic N) is 2. The zero-order valence-electron chi connectivity index (χ0n) is 16.8. The second-order valence-electron chi connectivity index (χ2n) is 6.48. The van der Waals surface area contributed by atoms with Gasteiger partial charge < -0.3 is 9.47 Å². The van der Waals surface area contributed by atoms with E-state index in [0.29, 0.717) is 11.4 Å². The first-order valence-electron chi connectivity index (χ1n) is 9.21. The van der Waals surface area contributed by atoms with Crippen molar-refractivity contribution < 1.29 is 17.9 Å². The van der Waals surface area contributed by atoms with E-state index >= 15 is 0 Å². The monoisotopic (exact) mass is 453 g/mol. The lowest BCUT2D eigenvalue weighted by molar-refractivity contribution is 0.392. The van der Waals surface area contributed by atoms with Gasteiger partial charge in [-0.3, -0.25) is 9.71 Å². The maximum atomic E-state index is 13.0. The van der Waals surface area contributed by atoms with Gasteiger partial charge in [0.1, 0.15) is 21.4 Å². The minimum atomic E-state index is -3.91. The van der Waals surface area contributed by atoms with Crippen LogP contribution in [0.25, 0.3) is 21.8 Å². The molecule has 0 unspecified atom stereocenters. The molecule has 2 heterocycles. The number of pyridine rings is 1. The topological polar surface area (TPSA) is 90.4 Å². The van der Waals surface area contributed by atoms with Crippen LogP contribution >= 0.6 is 11.3 Å². The first-order chi connectivity index (χ1) is 15.0. The average molecular weight is 454 g/mol. The Kier molecular flexibility index (Phi) is 5.88. The molecule has 1 N–H and O–H groups in total. The van der Waals surface area contributed by atoms with Crippen molar-refractivity contribution in [1.29, 1.82) is 0 Å². The van der Waals surface area contributed by atoms with Crippen molar-refractivity contribution >= 4 is 27.0 Å². The molecule has 31 heavy (non-hydrogen) atoms. The molecule has 0 amide bonds. The van der Waals surface area contributed by atoms with Crippen LogP contribution in [0.4, 0.5) is 5.69 Å². The molecule has 0 aliphatic carbocycles. The highest BCUT2D eigenvalue weighted by Gasteiger charge is 2.21. The number of anilines is 1. The third kappa shape index (κ3) is 4.52. The molecular formula is C22H19N3O4S2. The number of rotatable bonds is 7. The smallest absolute Gasteiger partial charge is 0.265 e. The lowest BCUT2D eigenvalue weighted by atomic mass is 10.1. The molecule has 0 aliphatic heterocycles. The Bertz CT molecular complexity index is 1310. The van der Waals surface area contributed by atoms with Gasteiger partial charge in [0.25, 0.3) is 10.0 Å². The summed E-state index contributed by atoms with van der Waals surface area (Å²) in [5.74, 6) is 0.645. The molecule has 0 saturated heterocycles. The Hall–Kier alpha value is -3.43. The molecule has 9 heteroatoms. The summed E-state index contributed by atoms with van der Waals surface area (Å²) >= 11 is 1.51. The van der Waals surface area contributed by atoms with Gasteiger partial charge in [0.2, 0.25) is 0 Å². The van der Waals surface area contributed by atoms with Crippen LogP contribution in [0.1, 0.15) is 0 Å². The molecule has 0 radical (unpaired) electrons. The first-order valence-corrected chi connectivity index (χ1v) is 11.6. The van der Waals surface area contributed by atoms with E-state index in [1.807, 2.05) is 23.6 Å². The van der Waals surface area contributed by atoms with Crippen molar-refractivity contribution in [2.45, 2.75) is 4.90 Å². The summed E-state index contributed by atoms with van der Waals surface area (Å²) in [6.45, 7) is 0. The van der Waals surface area contributed by atoms with Gasteiger partial charge in [-0.15, -0.1) is 11.3 Å². The summed E-state index contributed by atoms with van der Waals surface area (Å²) in [6.07, 6.45) is 3.44. The molecule has 0 spiro atoms. The van der Waals surface area contributed by atoms with Crippen LogP contribution in [0.15, 0.2) is 77.3 Å². The van der Waals surface area contributed by atoms with Crippen molar-refractivity contribution in [3.05, 3.63) is 72.4 Å². The van der Waals surface area contributed by atoms with Gasteiger partial charge >= 0.3 is 0 Å². The number of hydrogen-bond donors (Lipinski definition) is 1. The van der Waals surface area contributed by atoms with Gasteiger partial charge in [0.05, 0.1) is 19.9 Å². The fourth-order valence-corrected chi connectivity index (χ4v) is 5.05. The van der Waals surface area contributed by atoms with E-state index < -0.39 is 10.0 Å². The van der Waals surface area contributed by atoms with Gasteiger partial charge in [-0.05, 0) is 36.4 Å². The maximum Gasteiger partial charge on any atom is 0.265 e. The van der Waals surface area contributed by atoms with E-state index in [-0.39, 0.29) is 10.6 Å². The molecule has 7 nitrogen and oxygen atoms in total. The average Bonchev–Trinajstić information content (AvgIpc) is 3.29. The number of sulfonamides is 1. The molecule has 2 aromatic heterocycles. The highest BCUT2D eigenvalue weighted by molar-refractivity contribution is 7.92. The standard InChI is InChI=1S/C22H19N3O4S2/c1-28-18-6-7-20(29-2)21(13-18)31(26,27)25-17-5-3-4-16(12-17)19-14-30-22(24-19)15-8-10-23-11-9-15/h3-14,25H,1-2H3. The lowest BCUT2D eigenvalue weighted by Gasteiger charge is -2.13. The van der Waals surface area contributed by atoms with Crippen molar-refractivity contribution in [3.63, 3.8) is 0 Å². The molecule has 0 saturated carbocycles. The van der Waals surface area contributed by atoms with E-state index in [2.05, 4.69) is 14.7 Å². The summed E-state index contributed by atoms with van der Waals surface area (Å²) in [7, 11) is -1.01. The molecule has 0 bridgehead atoms. The minimum Gasteiger partial charge on any atom is -0.497 e. The van der Waals surface area contributed by atoms with Gasteiger partial charge in [0, 0.05) is 40.7 Å². The summed E-state index contributed by atoms with van der Waals surface area (Å²) in [4.78, 5) is 8.69. The summed E-state index contributed by atoms with van der Waals surface area (Å²) in [5, 5.41) is 2.80. The highest BCUT2D eigenvalue weighted by Crippen LogP contribution is 2.32. The van der Waals surface area contributed by atoms with E-state index in [9.17, 15) is 8.42 Å². The SMILES string of the molecule is COc1ccc(OC)c(S(=O)(=O)Nc2cccc(-c3csc(-c4ccncc4)n3)c2)c1. The summed E-state index contributed by atoms with van der Waals surface area (Å²) in [6, 6.07) is 15.5. The highest BCUT2D eigenvalue weighted by atomic mass is 32.2. The molecule has 2 aromatic carbocycles. The predicted molar refractivity (Wildman–Crippen MR) is 121 cm³/mol. The number of benzene rings is 2. The van der Waals surface area contributed by atoms with Gasteiger partial charge in [-0.25, -0.2) is 13.4 Å². The van der Waals surface area contributed by atoms with Crippen LogP contribution < -0.4 is 14.2 Å². The number of nitrogens with one attached hydrogen (secondary N) is 1. The zero-order chi connectivity index (χ0) is 21.8. The van der Waals surface area contributed by atoms with Crippen LogP contribution in [0.3, 0.4) is 0 Å². The van der Waals surface area contributed by atoms with Crippen molar-refractivity contribution in [2.75, 3.05) is 18.9 Å². The first kappa shape index (κ1) is 20.8. The molecule has 0 fully saturated rings. The van der Waals surface area contributed by atoms with Crippen LogP contribution in [0.5, 0.6) is 11.5 Å². The normalized spacial score (nSPS) is 11.2. The van der Waals surface area contributed by atoms with Crippen molar-refractivity contribution in [3.8, 4) is 33.3 Å². The Morgan fingerprint density at radius 2 is 1.74 bits per heavy atom. The number of thiazole rings is 1. The van der Waals surface area contributed by atoms with E-state index in [4.69, 9.17) is 9.47 Å². The predicted octanol–water partition coefficient (Wildman–Crippen LogP) is 4.69. The van der Waals surface area contributed by atoms with Crippen LogP contribution in [-0.2, 0) is 10.0 Å². The summed E-state index contributed by atoms with van der Waals surface area (Å²) in [5.41, 5.74) is 2.96. The molecule has 0 atom stereocenters. The largest absolute Gasteiger partial charge is 0.497 e. The molecule has 4 aromatic rings. The van der Waals surface area contributed by atoms with Gasteiger partial charge in [-0.1, -0.05) is 12.1 Å². The Balaban J connectivity index is 1.63. The van der Waals surface area contributed by atoms with E-state index in [1.54, 1.807) is 42.7 Å². The number of methoxy groups -OCH3 is 2. The summed E-state index contributed by atoms with van der Waals surface area (Å²) < 4.78 is 39.0. The van der Waals surface area contributed by atoms with Crippen LogP contribution in [-0.4, -0.2) is 32.6 Å². The third-order valence-corrected chi connectivity index (χ3v) is 6.80. The fourth-order valence-electron chi connectivity index (χ4n) is 2.98. The lowest BCUT2D eigenvalue weighted by Crippen LogP contribution is -2.14. The second kappa shape index (κ2) is 8.75. The Morgan fingerprint density at radius 3 is 2.48 bits per heavy atom. The molecular weight excluding hydrogens is 434 g/mol. The number of hydrogen-bond acceptors (Lipinski definition) is 7. The molecule has 0 aliphatic rings. The Morgan fingerprint density at radius 1 is 0.935 bits per heavy atom. The van der Waals surface area contributed by atoms with Gasteiger partial charge in [-0.2, -0.15) is 0 Å². The molecule has 158 valence electrons. The quantitative estimate of drug-likeness (QED) is 0.437. The minimum absolute atomic E-state index is 0.00613. The van der Waals surface area contributed by atoms with E-state index in [1.165, 1.54) is 31.6 Å². The number of ether oxygens (including phenoxy) is 2. The van der Waals surface area contributed by atoms with Crippen molar-refractivity contribution in [2.24, 2.45) is 0 Å². The fraction of sp³-hybridized carbons (Fsp3) is 0.0909.